The molecule has 0 aliphatic carbocycles. The molecule has 6 nitrogen and oxygen atoms in total. The van der Waals surface area contributed by atoms with Crippen LogP contribution in [0.1, 0.15) is 16.2 Å². The lowest BCUT2D eigenvalue weighted by Gasteiger charge is -2.11. The van der Waals surface area contributed by atoms with E-state index in [4.69, 9.17) is 9.47 Å². The number of carbonyl (C=O) groups is 1. The lowest BCUT2D eigenvalue weighted by atomic mass is 10.2. The van der Waals surface area contributed by atoms with E-state index in [1.165, 1.54) is 0 Å². The molecule has 0 fully saturated rings. The molecule has 0 saturated heterocycles. The number of nitrogens with zero attached hydrogens (tertiary/aromatic N) is 1. The predicted octanol–water partition coefficient (Wildman–Crippen LogP) is 4.07. The smallest absolute Gasteiger partial charge is 0.342 e. The van der Waals surface area contributed by atoms with Crippen LogP contribution in [0.4, 0.5) is 0 Å². The van der Waals surface area contributed by atoms with Crippen molar-refractivity contribution in [1.29, 1.82) is 0 Å². The van der Waals surface area contributed by atoms with Crippen molar-refractivity contribution >= 4 is 16.9 Å². The fourth-order valence-corrected chi connectivity index (χ4v) is 2.75. The Bertz CT molecular complexity index is 1190. The summed E-state index contributed by atoms with van der Waals surface area (Å²) in [4.78, 5) is 31.6. The molecule has 0 atom stereocenters. The topological polar surface area (TPSA) is 81.3 Å². The maximum absolute atomic E-state index is 12.6. The highest BCUT2D eigenvalue weighted by Crippen LogP contribution is 2.25. The number of benzene rings is 3. The van der Waals surface area contributed by atoms with Gasteiger partial charge in [-0.1, -0.05) is 42.5 Å². The van der Waals surface area contributed by atoms with Gasteiger partial charge in [-0.05, 0) is 36.4 Å². The van der Waals surface area contributed by atoms with Gasteiger partial charge >= 0.3 is 5.97 Å². The maximum Gasteiger partial charge on any atom is 0.342 e. The zero-order chi connectivity index (χ0) is 19.3. The molecule has 1 aromatic heterocycles. The van der Waals surface area contributed by atoms with Crippen molar-refractivity contribution < 1.29 is 14.3 Å². The van der Waals surface area contributed by atoms with E-state index in [0.717, 1.165) is 0 Å². The molecule has 28 heavy (non-hydrogen) atoms. The highest BCUT2D eigenvalue weighted by atomic mass is 16.5. The third kappa shape index (κ3) is 3.76. The summed E-state index contributed by atoms with van der Waals surface area (Å²) < 4.78 is 11.1. The molecule has 6 heteroatoms. The number of hydrogen-bond donors (Lipinski definition) is 1. The third-order valence-corrected chi connectivity index (χ3v) is 4.08. The lowest BCUT2D eigenvalue weighted by molar-refractivity contribution is 0.0459. The first-order chi connectivity index (χ1) is 13.7. The molecule has 4 aromatic rings. The Morgan fingerprint density at radius 3 is 2.46 bits per heavy atom. The van der Waals surface area contributed by atoms with Gasteiger partial charge in [0.1, 0.15) is 29.5 Å². The summed E-state index contributed by atoms with van der Waals surface area (Å²) >= 11 is 0. The minimum Gasteiger partial charge on any atom is -0.456 e. The number of para-hydroxylation sites is 3. The first-order valence-corrected chi connectivity index (χ1v) is 8.68. The number of nitrogens with one attached hydrogen (secondary N) is 1. The van der Waals surface area contributed by atoms with Crippen LogP contribution in [0.3, 0.4) is 0 Å². The normalized spacial score (nSPS) is 10.6. The molecule has 3 aromatic carbocycles. The van der Waals surface area contributed by atoms with Gasteiger partial charge in [-0.25, -0.2) is 9.78 Å². The highest BCUT2D eigenvalue weighted by molar-refractivity contribution is 5.92. The highest BCUT2D eigenvalue weighted by Gasteiger charge is 2.15. The number of ether oxygens (including phenoxy) is 2. The number of carbonyl (C=O) groups excluding carboxylic acids is 1. The summed E-state index contributed by atoms with van der Waals surface area (Å²) in [5, 5.41) is 0.485. The molecule has 0 aliphatic heterocycles. The molecule has 1 N–H and O–H groups in total. The largest absolute Gasteiger partial charge is 0.456 e. The number of hydrogen-bond acceptors (Lipinski definition) is 5. The Balaban J connectivity index is 1.52. The number of fused-ring (bicyclic) bond motifs is 1. The van der Waals surface area contributed by atoms with Crippen LogP contribution in [0.2, 0.25) is 0 Å². The van der Waals surface area contributed by atoms with Gasteiger partial charge in [0.15, 0.2) is 0 Å². The van der Waals surface area contributed by atoms with E-state index in [2.05, 4.69) is 9.97 Å². The van der Waals surface area contributed by atoms with Crippen molar-refractivity contribution in [3.63, 3.8) is 0 Å². The SMILES string of the molecule is O=C(OCc1nc2ccccc2c(=O)[nH]1)c1ccccc1Oc1ccccc1. The first-order valence-electron chi connectivity index (χ1n) is 8.68. The molecule has 0 saturated carbocycles. The van der Waals surface area contributed by atoms with E-state index in [-0.39, 0.29) is 23.6 Å². The van der Waals surface area contributed by atoms with Crippen molar-refractivity contribution in [2.24, 2.45) is 0 Å². The van der Waals surface area contributed by atoms with Gasteiger partial charge in [0, 0.05) is 0 Å². The Morgan fingerprint density at radius 2 is 1.61 bits per heavy atom. The summed E-state index contributed by atoms with van der Waals surface area (Å²) in [5.74, 6) is 0.711. The van der Waals surface area contributed by atoms with Gasteiger partial charge in [0.2, 0.25) is 0 Å². The van der Waals surface area contributed by atoms with Crippen LogP contribution in [-0.4, -0.2) is 15.9 Å². The molecule has 0 bridgehead atoms. The fourth-order valence-electron chi connectivity index (χ4n) is 2.75. The second-order valence-electron chi connectivity index (χ2n) is 6.02. The predicted molar refractivity (Wildman–Crippen MR) is 104 cm³/mol. The summed E-state index contributed by atoms with van der Waals surface area (Å²) in [6.07, 6.45) is 0. The Labute approximate surface area is 160 Å². The first kappa shape index (κ1) is 17.5. The Morgan fingerprint density at radius 1 is 0.893 bits per heavy atom. The molecule has 0 aliphatic rings. The second kappa shape index (κ2) is 7.75. The number of aromatic amines is 1. The summed E-state index contributed by atoms with van der Waals surface area (Å²) in [6, 6.07) is 23.0. The van der Waals surface area contributed by atoms with Crippen LogP contribution in [-0.2, 0) is 11.3 Å². The van der Waals surface area contributed by atoms with E-state index < -0.39 is 5.97 Å². The van der Waals surface area contributed by atoms with E-state index in [9.17, 15) is 9.59 Å². The molecular weight excluding hydrogens is 356 g/mol. The quantitative estimate of drug-likeness (QED) is 0.534. The van der Waals surface area contributed by atoms with E-state index in [1.54, 1.807) is 60.7 Å². The Hall–Kier alpha value is -3.93. The molecule has 0 spiro atoms. The maximum atomic E-state index is 12.6. The molecule has 1 heterocycles. The Kier molecular flexibility index (Phi) is 4.84. The van der Waals surface area contributed by atoms with Gasteiger partial charge in [0.05, 0.1) is 10.9 Å². The van der Waals surface area contributed by atoms with Gasteiger partial charge in [0.25, 0.3) is 5.56 Å². The minimum atomic E-state index is -0.567. The number of rotatable bonds is 5. The van der Waals surface area contributed by atoms with Crippen molar-refractivity contribution in [2.75, 3.05) is 0 Å². The van der Waals surface area contributed by atoms with Crippen molar-refractivity contribution in [2.45, 2.75) is 6.61 Å². The van der Waals surface area contributed by atoms with Crippen LogP contribution in [0.5, 0.6) is 11.5 Å². The molecule has 138 valence electrons. The van der Waals surface area contributed by atoms with Gasteiger partial charge < -0.3 is 14.5 Å². The zero-order valence-electron chi connectivity index (χ0n) is 14.8. The average Bonchev–Trinajstić information content (AvgIpc) is 2.73. The van der Waals surface area contributed by atoms with Crippen LogP contribution in [0, 0.1) is 0 Å². The van der Waals surface area contributed by atoms with Crippen LogP contribution >= 0.6 is 0 Å². The lowest BCUT2D eigenvalue weighted by Crippen LogP contribution is -2.14. The molecule has 0 radical (unpaired) electrons. The second-order valence-corrected chi connectivity index (χ2v) is 6.02. The van der Waals surface area contributed by atoms with Gasteiger partial charge in [-0.2, -0.15) is 0 Å². The van der Waals surface area contributed by atoms with Crippen LogP contribution in [0.25, 0.3) is 10.9 Å². The molecule has 0 unspecified atom stereocenters. The summed E-state index contributed by atoms with van der Waals surface area (Å²) in [5.41, 5.74) is 0.559. The summed E-state index contributed by atoms with van der Waals surface area (Å²) in [7, 11) is 0. The number of aromatic nitrogens is 2. The van der Waals surface area contributed by atoms with Crippen LogP contribution in [0.15, 0.2) is 83.7 Å². The monoisotopic (exact) mass is 372 g/mol. The van der Waals surface area contributed by atoms with Crippen molar-refractivity contribution in [3.8, 4) is 11.5 Å². The molecular formula is C22H16N2O4. The van der Waals surface area contributed by atoms with Crippen LogP contribution < -0.4 is 10.3 Å². The standard InChI is InChI=1S/C22H16N2O4/c25-21-16-10-4-6-12-18(16)23-20(24-21)14-27-22(26)17-11-5-7-13-19(17)28-15-8-2-1-3-9-15/h1-13H,14H2,(H,23,24,25). The molecule has 4 rings (SSSR count). The average molecular weight is 372 g/mol. The minimum absolute atomic E-state index is 0.154. The number of esters is 1. The fraction of sp³-hybridized carbons (Fsp3) is 0.0455. The molecule has 0 amide bonds. The summed E-state index contributed by atoms with van der Waals surface area (Å²) in [6.45, 7) is -0.154. The van der Waals surface area contributed by atoms with E-state index in [0.29, 0.717) is 22.4 Å². The van der Waals surface area contributed by atoms with E-state index >= 15 is 0 Å². The third-order valence-electron chi connectivity index (χ3n) is 4.08. The van der Waals surface area contributed by atoms with Gasteiger partial charge in [-0.15, -0.1) is 0 Å². The van der Waals surface area contributed by atoms with Gasteiger partial charge in [-0.3, -0.25) is 4.79 Å². The van der Waals surface area contributed by atoms with E-state index in [1.807, 2.05) is 18.2 Å². The zero-order valence-corrected chi connectivity index (χ0v) is 14.8. The van der Waals surface area contributed by atoms with Crippen molar-refractivity contribution in [1.82, 2.24) is 9.97 Å². The number of H-pyrrole nitrogens is 1. The van der Waals surface area contributed by atoms with Crippen molar-refractivity contribution in [3.05, 3.63) is 101 Å².